The second kappa shape index (κ2) is 5.61. The highest BCUT2D eigenvalue weighted by molar-refractivity contribution is 4.47. The van der Waals surface area contributed by atoms with Crippen LogP contribution < -0.4 is 0 Å². The summed E-state index contributed by atoms with van der Waals surface area (Å²) in [5.41, 5.74) is 0. The smallest absolute Gasteiger partial charge is 0.130 e. The van der Waals surface area contributed by atoms with Crippen LogP contribution in [0.25, 0.3) is 0 Å². The van der Waals surface area contributed by atoms with Crippen LogP contribution in [0.1, 0.15) is 0 Å². The van der Waals surface area contributed by atoms with Crippen LogP contribution in [0.4, 0.5) is 0 Å². The normalized spacial score (nSPS) is 14.1. The molecule has 62 valence electrons. The van der Waals surface area contributed by atoms with Crippen molar-refractivity contribution in [2.24, 2.45) is 0 Å². The Hall–Kier alpha value is -0.160. The Morgan fingerprint density at radius 2 is 2.10 bits per heavy atom. The molecule has 0 heterocycles. The van der Waals surface area contributed by atoms with E-state index in [0.29, 0.717) is 0 Å². The van der Waals surface area contributed by atoms with Crippen molar-refractivity contribution in [2.75, 3.05) is 33.9 Å². The molecule has 0 saturated carbocycles. The van der Waals surface area contributed by atoms with Crippen molar-refractivity contribution >= 4 is 0 Å². The third kappa shape index (κ3) is 4.69. The first-order chi connectivity index (χ1) is 4.68. The van der Waals surface area contributed by atoms with Crippen molar-refractivity contribution in [3.8, 4) is 0 Å². The zero-order chi connectivity index (χ0) is 7.98. The predicted molar refractivity (Wildman–Crippen MR) is 37.6 cm³/mol. The van der Waals surface area contributed by atoms with Gasteiger partial charge in [0.1, 0.15) is 6.23 Å². The molecule has 0 spiro atoms. The van der Waals surface area contributed by atoms with Gasteiger partial charge in [0.25, 0.3) is 0 Å². The van der Waals surface area contributed by atoms with E-state index in [1.54, 1.807) is 19.0 Å². The quantitative estimate of drug-likeness (QED) is 0.384. The minimum atomic E-state index is -0.577. The molecule has 0 fully saturated rings. The van der Waals surface area contributed by atoms with Gasteiger partial charge >= 0.3 is 0 Å². The van der Waals surface area contributed by atoms with Crippen molar-refractivity contribution in [1.82, 2.24) is 4.90 Å². The van der Waals surface area contributed by atoms with Crippen LogP contribution in [-0.2, 0) is 4.74 Å². The zero-order valence-electron chi connectivity index (χ0n) is 6.45. The molecule has 0 aliphatic carbocycles. The second-order valence-corrected chi connectivity index (χ2v) is 2.24. The maximum atomic E-state index is 9.07. The standard InChI is InChI=1S/C6H15NO3/c1-7(2)6(9)5-10-4-3-8/h6,8-9H,3-5H2,1-2H3. The van der Waals surface area contributed by atoms with E-state index in [9.17, 15) is 0 Å². The van der Waals surface area contributed by atoms with Gasteiger partial charge in [0.15, 0.2) is 0 Å². The molecule has 0 aromatic carbocycles. The van der Waals surface area contributed by atoms with Crippen LogP contribution in [0.5, 0.6) is 0 Å². The summed E-state index contributed by atoms with van der Waals surface area (Å²) in [6, 6.07) is 0. The molecule has 0 aliphatic heterocycles. The monoisotopic (exact) mass is 149 g/mol. The summed E-state index contributed by atoms with van der Waals surface area (Å²) >= 11 is 0. The lowest BCUT2D eigenvalue weighted by Gasteiger charge is -2.17. The van der Waals surface area contributed by atoms with Gasteiger partial charge in [0.05, 0.1) is 19.8 Å². The Bertz CT molecular complexity index is 77.4. The minimum Gasteiger partial charge on any atom is -0.394 e. The fraction of sp³-hybridized carbons (Fsp3) is 1.00. The SMILES string of the molecule is CN(C)C(O)COCCO. The van der Waals surface area contributed by atoms with Gasteiger partial charge in [-0.15, -0.1) is 0 Å². The van der Waals surface area contributed by atoms with Crippen LogP contribution in [0, 0.1) is 0 Å². The molecule has 0 aromatic rings. The lowest BCUT2D eigenvalue weighted by atomic mass is 10.5. The summed E-state index contributed by atoms with van der Waals surface area (Å²) < 4.78 is 4.86. The second-order valence-electron chi connectivity index (χ2n) is 2.24. The number of ether oxygens (including phenoxy) is 1. The fourth-order valence-electron chi connectivity index (χ4n) is 0.402. The first-order valence-corrected chi connectivity index (χ1v) is 3.21. The maximum absolute atomic E-state index is 9.07. The highest BCUT2D eigenvalue weighted by Crippen LogP contribution is 1.87. The van der Waals surface area contributed by atoms with Crippen molar-refractivity contribution in [2.45, 2.75) is 6.23 Å². The van der Waals surface area contributed by atoms with Crippen molar-refractivity contribution < 1.29 is 14.9 Å². The molecule has 4 nitrogen and oxygen atoms in total. The van der Waals surface area contributed by atoms with E-state index in [4.69, 9.17) is 14.9 Å². The Morgan fingerprint density at radius 3 is 2.50 bits per heavy atom. The first-order valence-electron chi connectivity index (χ1n) is 3.21. The van der Waals surface area contributed by atoms with Gasteiger partial charge in [0.2, 0.25) is 0 Å². The molecule has 0 aromatic heterocycles. The van der Waals surface area contributed by atoms with Crippen LogP contribution in [0.2, 0.25) is 0 Å². The molecular formula is C6H15NO3. The van der Waals surface area contributed by atoms with Gasteiger partial charge in [0, 0.05) is 0 Å². The summed E-state index contributed by atoms with van der Waals surface area (Å²) in [6.45, 7) is 0.526. The Kier molecular flexibility index (Phi) is 5.52. The largest absolute Gasteiger partial charge is 0.394 e. The van der Waals surface area contributed by atoms with E-state index in [2.05, 4.69) is 0 Å². The summed E-state index contributed by atoms with van der Waals surface area (Å²) in [5, 5.41) is 17.4. The summed E-state index contributed by atoms with van der Waals surface area (Å²) in [4.78, 5) is 1.64. The molecule has 2 N–H and O–H groups in total. The fourth-order valence-corrected chi connectivity index (χ4v) is 0.402. The highest BCUT2D eigenvalue weighted by Gasteiger charge is 2.04. The third-order valence-corrected chi connectivity index (χ3v) is 1.10. The average molecular weight is 149 g/mol. The van der Waals surface area contributed by atoms with Crippen LogP contribution in [0.3, 0.4) is 0 Å². The molecule has 0 bridgehead atoms. The molecule has 0 rings (SSSR count). The topological polar surface area (TPSA) is 52.9 Å². The summed E-state index contributed by atoms with van der Waals surface area (Å²) in [6.07, 6.45) is -0.577. The number of aliphatic hydroxyl groups is 2. The summed E-state index contributed by atoms with van der Waals surface area (Å²) in [7, 11) is 3.51. The van der Waals surface area contributed by atoms with Crippen molar-refractivity contribution in [3.63, 3.8) is 0 Å². The number of aliphatic hydroxyl groups excluding tert-OH is 2. The van der Waals surface area contributed by atoms with Gasteiger partial charge in [-0.25, -0.2) is 0 Å². The van der Waals surface area contributed by atoms with Crippen LogP contribution in [-0.4, -0.2) is 55.3 Å². The molecule has 0 amide bonds. The number of nitrogens with zero attached hydrogens (tertiary/aromatic N) is 1. The van der Waals surface area contributed by atoms with Crippen molar-refractivity contribution in [3.05, 3.63) is 0 Å². The molecule has 0 radical (unpaired) electrons. The van der Waals surface area contributed by atoms with E-state index in [0.717, 1.165) is 0 Å². The molecule has 0 aliphatic rings. The van der Waals surface area contributed by atoms with Crippen LogP contribution in [0.15, 0.2) is 0 Å². The summed E-state index contributed by atoms with van der Waals surface area (Å²) in [5.74, 6) is 0. The minimum absolute atomic E-state index is 0.000147. The number of hydrogen-bond donors (Lipinski definition) is 2. The Balaban J connectivity index is 3.13. The van der Waals surface area contributed by atoms with E-state index in [1.807, 2.05) is 0 Å². The van der Waals surface area contributed by atoms with Crippen molar-refractivity contribution in [1.29, 1.82) is 0 Å². The van der Waals surface area contributed by atoms with E-state index >= 15 is 0 Å². The maximum Gasteiger partial charge on any atom is 0.130 e. The molecule has 4 heteroatoms. The van der Waals surface area contributed by atoms with Gasteiger partial charge in [-0.2, -0.15) is 0 Å². The first kappa shape index (κ1) is 9.84. The van der Waals surface area contributed by atoms with Crippen LogP contribution >= 0.6 is 0 Å². The Labute approximate surface area is 61.0 Å². The molecule has 1 atom stereocenters. The third-order valence-electron chi connectivity index (χ3n) is 1.10. The molecular weight excluding hydrogens is 134 g/mol. The molecule has 10 heavy (non-hydrogen) atoms. The zero-order valence-corrected chi connectivity index (χ0v) is 6.45. The molecule has 0 saturated heterocycles. The molecule has 1 unspecified atom stereocenters. The highest BCUT2D eigenvalue weighted by atomic mass is 16.5. The lowest BCUT2D eigenvalue weighted by molar-refractivity contribution is -0.0427. The van der Waals surface area contributed by atoms with E-state index in [-0.39, 0.29) is 19.8 Å². The number of rotatable bonds is 5. The number of likely N-dealkylation sites (N-methyl/N-ethyl adjacent to an activating group) is 1. The Morgan fingerprint density at radius 1 is 1.50 bits per heavy atom. The number of hydrogen-bond acceptors (Lipinski definition) is 4. The predicted octanol–water partition coefficient (Wildman–Crippen LogP) is -1.12. The lowest BCUT2D eigenvalue weighted by Crippen LogP contribution is -2.32. The van der Waals surface area contributed by atoms with E-state index < -0.39 is 6.23 Å². The van der Waals surface area contributed by atoms with Gasteiger partial charge in [-0.05, 0) is 14.1 Å². The van der Waals surface area contributed by atoms with Gasteiger partial charge < -0.3 is 14.9 Å². The average Bonchev–Trinajstić information content (AvgIpc) is 1.88. The van der Waals surface area contributed by atoms with Gasteiger partial charge in [-0.3, -0.25) is 4.90 Å². The van der Waals surface area contributed by atoms with Gasteiger partial charge in [-0.1, -0.05) is 0 Å². The van der Waals surface area contributed by atoms with E-state index in [1.165, 1.54) is 0 Å².